The lowest BCUT2D eigenvalue weighted by molar-refractivity contribution is 0.0897. The summed E-state index contributed by atoms with van der Waals surface area (Å²) in [5.74, 6) is 0.619. The molecule has 1 N–H and O–H groups in total. The minimum atomic E-state index is -0.758. The predicted octanol–water partition coefficient (Wildman–Crippen LogP) is 6.39. The van der Waals surface area contributed by atoms with Gasteiger partial charge >= 0.3 is 0 Å². The highest BCUT2D eigenvalue weighted by Crippen LogP contribution is 2.66. The number of thioether (sulfide) groups is 2. The summed E-state index contributed by atoms with van der Waals surface area (Å²) in [7, 11) is 0. The number of rotatable bonds is 5. The topological polar surface area (TPSA) is 20.2 Å². The van der Waals surface area contributed by atoms with Crippen LogP contribution in [0.25, 0.3) is 0 Å². The molecule has 3 atom stereocenters. The molecule has 0 unspecified atom stereocenters. The number of hydrogen-bond donors (Lipinski definition) is 1. The van der Waals surface area contributed by atoms with E-state index in [-0.39, 0.29) is 10.00 Å². The Labute approximate surface area is 165 Å². The van der Waals surface area contributed by atoms with Crippen LogP contribution in [0.3, 0.4) is 0 Å². The highest BCUT2D eigenvalue weighted by molar-refractivity contribution is 8.17. The Morgan fingerprint density at radius 1 is 1.00 bits per heavy atom. The highest BCUT2D eigenvalue weighted by Gasteiger charge is 2.62. The van der Waals surface area contributed by atoms with Crippen LogP contribution >= 0.6 is 23.5 Å². The van der Waals surface area contributed by atoms with Crippen LogP contribution in [0.1, 0.15) is 33.1 Å². The number of benzene rings is 2. The molecule has 0 saturated heterocycles. The molecule has 0 radical (unpaired) electrons. The number of aliphatic hydroxyl groups is 1. The molecule has 26 heavy (non-hydrogen) atoms. The van der Waals surface area contributed by atoms with Gasteiger partial charge in [0, 0.05) is 9.79 Å². The fraction of sp³-hybridized carbons (Fsp3) is 0.391. The Bertz CT molecular complexity index is 747. The molecule has 0 amide bonds. The molecule has 1 nitrogen and oxygen atoms in total. The van der Waals surface area contributed by atoms with E-state index in [4.69, 9.17) is 0 Å². The fourth-order valence-corrected chi connectivity index (χ4v) is 7.53. The van der Waals surface area contributed by atoms with Crippen molar-refractivity contribution in [2.75, 3.05) is 0 Å². The molecule has 2 aromatic carbocycles. The molecule has 0 aliphatic heterocycles. The van der Waals surface area contributed by atoms with Gasteiger partial charge in [-0.1, -0.05) is 49.4 Å². The molecule has 3 heteroatoms. The molecule has 2 aliphatic carbocycles. The standard InChI is InChI=1S/C23H26OS2/c1-3-20-22(2)15-14-17(22)16-23(20,24)21(25-18-10-6-4-7-11-18)26-19-12-8-5-9-13-19/h3-13,17,21,24H,14-16H2,1-2H3/b20-3+/t17-,22+,23+/m1/s1. The third-order valence-electron chi connectivity index (χ3n) is 6.20. The van der Waals surface area contributed by atoms with Crippen LogP contribution in [0.15, 0.2) is 82.1 Å². The molecule has 2 aliphatic rings. The van der Waals surface area contributed by atoms with Crippen molar-refractivity contribution in [3.05, 3.63) is 72.3 Å². The average Bonchev–Trinajstić information content (AvgIpc) is 2.81. The maximum atomic E-state index is 12.0. The summed E-state index contributed by atoms with van der Waals surface area (Å²) in [6, 6.07) is 21.0. The van der Waals surface area contributed by atoms with Crippen LogP contribution in [0.2, 0.25) is 0 Å². The molecular formula is C23H26OS2. The van der Waals surface area contributed by atoms with Gasteiger partial charge < -0.3 is 5.11 Å². The van der Waals surface area contributed by atoms with Gasteiger partial charge in [0.25, 0.3) is 0 Å². The van der Waals surface area contributed by atoms with E-state index in [0.29, 0.717) is 5.92 Å². The summed E-state index contributed by atoms with van der Waals surface area (Å²) in [4.78, 5) is 2.43. The Hall–Kier alpha value is -1.16. The summed E-state index contributed by atoms with van der Waals surface area (Å²) < 4.78 is 0.0425. The van der Waals surface area contributed by atoms with E-state index >= 15 is 0 Å². The number of fused-ring (bicyclic) bond motifs is 1. The minimum Gasteiger partial charge on any atom is -0.383 e. The van der Waals surface area contributed by atoms with Gasteiger partial charge in [0.05, 0.1) is 4.58 Å². The van der Waals surface area contributed by atoms with Gasteiger partial charge in [0.1, 0.15) is 5.60 Å². The van der Waals surface area contributed by atoms with Gasteiger partial charge in [-0.05, 0) is 67.4 Å². The van der Waals surface area contributed by atoms with Crippen molar-refractivity contribution in [2.24, 2.45) is 11.3 Å². The van der Waals surface area contributed by atoms with Crippen LogP contribution in [0.5, 0.6) is 0 Å². The van der Waals surface area contributed by atoms with Crippen molar-refractivity contribution >= 4 is 23.5 Å². The van der Waals surface area contributed by atoms with Crippen molar-refractivity contribution in [1.82, 2.24) is 0 Å². The van der Waals surface area contributed by atoms with Gasteiger partial charge in [0.15, 0.2) is 0 Å². The summed E-state index contributed by atoms with van der Waals surface area (Å²) in [6.07, 6.45) is 5.53. The molecule has 4 rings (SSSR count). The van der Waals surface area contributed by atoms with Gasteiger partial charge in [0.2, 0.25) is 0 Å². The molecule has 136 valence electrons. The summed E-state index contributed by atoms with van der Waals surface area (Å²) >= 11 is 3.60. The molecule has 2 fully saturated rings. The lowest BCUT2D eigenvalue weighted by atomic mass is 9.61. The van der Waals surface area contributed by atoms with Crippen molar-refractivity contribution in [1.29, 1.82) is 0 Å². The van der Waals surface area contributed by atoms with Crippen molar-refractivity contribution in [2.45, 2.75) is 53.1 Å². The van der Waals surface area contributed by atoms with E-state index in [2.05, 4.69) is 68.5 Å². The van der Waals surface area contributed by atoms with Crippen molar-refractivity contribution < 1.29 is 5.11 Å². The Morgan fingerprint density at radius 3 is 1.96 bits per heavy atom. The fourth-order valence-electron chi connectivity index (χ4n) is 4.71. The van der Waals surface area contributed by atoms with Crippen molar-refractivity contribution in [3.63, 3.8) is 0 Å². The molecule has 0 bridgehead atoms. The van der Waals surface area contributed by atoms with Gasteiger partial charge in [-0.2, -0.15) is 0 Å². The van der Waals surface area contributed by atoms with E-state index < -0.39 is 5.60 Å². The van der Waals surface area contributed by atoms with Crippen LogP contribution in [0, 0.1) is 11.3 Å². The maximum absolute atomic E-state index is 12.0. The molecule has 0 heterocycles. The first-order chi connectivity index (χ1) is 12.6. The Morgan fingerprint density at radius 2 is 1.54 bits per heavy atom. The lowest BCUT2D eigenvalue weighted by Crippen LogP contribution is -2.40. The normalized spacial score (nSPS) is 31.8. The van der Waals surface area contributed by atoms with Crippen molar-refractivity contribution in [3.8, 4) is 0 Å². The zero-order valence-electron chi connectivity index (χ0n) is 15.4. The summed E-state index contributed by atoms with van der Waals surface area (Å²) in [5.41, 5.74) is 0.695. The Balaban J connectivity index is 1.70. The lowest BCUT2D eigenvalue weighted by Gasteiger charge is -2.43. The van der Waals surface area contributed by atoms with E-state index in [1.54, 1.807) is 23.5 Å². The predicted molar refractivity (Wildman–Crippen MR) is 113 cm³/mol. The second kappa shape index (κ2) is 7.10. The molecule has 0 spiro atoms. The first-order valence-corrected chi connectivity index (χ1v) is 11.2. The van der Waals surface area contributed by atoms with Gasteiger partial charge in [-0.3, -0.25) is 0 Å². The molecule has 2 aromatic rings. The number of allylic oxidation sites excluding steroid dienone is 1. The van der Waals surface area contributed by atoms with E-state index in [1.807, 2.05) is 12.1 Å². The van der Waals surface area contributed by atoms with E-state index in [9.17, 15) is 5.11 Å². The average molecular weight is 383 g/mol. The van der Waals surface area contributed by atoms with Crippen LogP contribution in [-0.4, -0.2) is 15.3 Å². The molecular weight excluding hydrogens is 356 g/mol. The number of hydrogen-bond acceptors (Lipinski definition) is 3. The third-order valence-corrected chi connectivity index (χ3v) is 9.08. The maximum Gasteiger partial charge on any atom is 0.108 e. The van der Waals surface area contributed by atoms with Gasteiger partial charge in [-0.15, -0.1) is 23.5 Å². The van der Waals surface area contributed by atoms with Crippen LogP contribution in [-0.2, 0) is 0 Å². The highest BCUT2D eigenvalue weighted by atomic mass is 32.2. The Kier molecular flexibility index (Phi) is 4.98. The summed E-state index contributed by atoms with van der Waals surface area (Å²) in [6.45, 7) is 4.45. The second-order valence-corrected chi connectivity index (χ2v) is 10.3. The van der Waals surface area contributed by atoms with Gasteiger partial charge in [-0.25, -0.2) is 0 Å². The van der Waals surface area contributed by atoms with Crippen LogP contribution < -0.4 is 0 Å². The second-order valence-electron chi connectivity index (χ2n) is 7.68. The minimum absolute atomic E-state index is 0.0425. The van der Waals surface area contributed by atoms with E-state index in [1.165, 1.54) is 28.2 Å². The molecule has 2 saturated carbocycles. The SMILES string of the molecule is C/C=C1/[C@](O)(C(Sc2ccccc2)Sc2ccccc2)C[C@H]2CC[C@]12C. The third kappa shape index (κ3) is 3.04. The quantitative estimate of drug-likeness (QED) is 0.367. The van der Waals surface area contributed by atoms with Crippen LogP contribution in [0.4, 0.5) is 0 Å². The first-order valence-electron chi connectivity index (χ1n) is 9.39. The smallest absolute Gasteiger partial charge is 0.108 e. The van der Waals surface area contributed by atoms with E-state index in [0.717, 1.165) is 6.42 Å². The first kappa shape index (κ1) is 18.2. The molecule has 0 aromatic heterocycles. The summed E-state index contributed by atoms with van der Waals surface area (Å²) in [5, 5.41) is 12.0. The zero-order chi connectivity index (χ0) is 18.2. The monoisotopic (exact) mass is 382 g/mol. The zero-order valence-corrected chi connectivity index (χ0v) is 17.0. The largest absolute Gasteiger partial charge is 0.383 e.